The van der Waals surface area contributed by atoms with E-state index >= 15 is 4.11 Å². The molecule has 274 valence electrons. The van der Waals surface area contributed by atoms with E-state index in [4.69, 9.17) is 9.47 Å². The van der Waals surface area contributed by atoms with Crippen molar-refractivity contribution < 1.29 is 28.3 Å². The van der Waals surface area contributed by atoms with Gasteiger partial charge < -0.3 is 28.9 Å². The molecule has 1 saturated heterocycles. The standard InChI is InChI=1S/C41H44FN5O5Si/c1-27-38(53(3,4)42)37(21-22-46-25-35(44-45-46)33(26-48)29-13-9-6-10-14-29)52-41(27)34-23-31(43-39(49)30-15-18-32(51-2)19-16-30)17-20-36(34)47(40(41)50)24-28-11-7-5-8-12-28/h5-20,23,25,27,33,37-38,48H,21-22,24,26H2,1-4H3,(H,43,49)/t27-,33?,37+,38-,41+/m0/s1. The lowest BCUT2D eigenvalue weighted by atomic mass is 9.82. The number of nitrogens with zero attached hydrogens (tertiary/aromatic N) is 4. The summed E-state index contributed by atoms with van der Waals surface area (Å²) in [6, 6.07) is 31.6. The summed E-state index contributed by atoms with van der Waals surface area (Å²) < 4.78 is 30.5. The molecule has 5 aromatic rings. The van der Waals surface area contributed by atoms with Crippen LogP contribution >= 0.6 is 0 Å². The number of aliphatic hydroxyl groups is 1. The molecule has 1 aromatic heterocycles. The highest BCUT2D eigenvalue weighted by molar-refractivity contribution is 6.72. The number of amides is 2. The van der Waals surface area contributed by atoms with Crippen LogP contribution in [0.3, 0.4) is 0 Å². The maximum absolute atomic E-state index is 16.5. The first-order valence-corrected chi connectivity index (χ1v) is 20.9. The predicted molar refractivity (Wildman–Crippen MR) is 203 cm³/mol. The molecule has 1 fully saturated rings. The van der Waals surface area contributed by atoms with Crippen LogP contribution in [0, 0.1) is 5.92 Å². The van der Waals surface area contributed by atoms with Gasteiger partial charge in [-0.25, -0.2) is 0 Å². The van der Waals surface area contributed by atoms with Crippen LogP contribution in [0.2, 0.25) is 18.6 Å². The Hall–Kier alpha value is -5.17. The molecular formula is C41H44FN5O5Si. The second-order valence-electron chi connectivity index (χ2n) is 14.4. The van der Waals surface area contributed by atoms with Crippen molar-refractivity contribution in [3.05, 3.63) is 137 Å². The third kappa shape index (κ3) is 6.89. The molecule has 0 bridgehead atoms. The number of rotatable bonds is 12. The molecule has 1 spiro atoms. The average Bonchev–Trinajstić information content (AvgIpc) is 3.82. The van der Waals surface area contributed by atoms with Crippen LogP contribution in [0.15, 0.2) is 109 Å². The quantitative estimate of drug-likeness (QED) is 0.104. The van der Waals surface area contributed by atoms with Gasteiger partial charge in [0.2, 0.25) is 8.41 Å². The molecule has 4 aromatic carbocycles. The molecule has 0 radical (unpaired) electrons. The van der Waals surface area contributed by atoms with Crippen LogP contribution in [0.1, 0.15) is 52.0 Å². The fraction of sp³-hybridized carbons (Fsp3) is 0.317. The Bertz CT molecular complexity index is 2070. The fourth-order valence-corrected chi connectivity index (χ4v) is 10.7. The van der Waals surface area contributed by atoms with E-state index < -0.39 is 31.6 Å². The summed E-state index contributed by atoms with van der Waals surface area (Å²) in [5, 5.41) is 21.9. The van der Waals surface area contributed by atoms with Crippen molar-refractivity contribution in [2.75, 3.05) is 23.9 Å². The van der Waals surface area contributed by atoms with Gasteiger partial charge in [0.05, 0.1) is 43.7 Å². The van der Waals surface area contributed by atoms with Crippen molar-refractivity contribution >= 4 is 31.6 Å². The lowest BCUT2D eigenvalue weighted by molar-refractivity contribution is -0.146. The molecule has 2 aliphatic heterocycles. The maximum Gasteiger partial charge on any atom is 0.264 e. The molecule has 2 N–H and O–H groups in total. The smallest absolute Gasteiger partial charge is 0.264 e. The minimum Gasteiger partial charge on any atom is -0.497 e. The Morgan fingerprint density at radius 3 is 2.40 bits per heavy atom. The molecule has 1 unspecified atom stereocenters. The zero-order chi connectivity index (χ0) is 37.3. The van der Waals surface area contributed by atoms with Gasteiger partial charge in [-0.1, -0.05) is 72.8 Å². The molecule has 10 nitrogen and oxygen atoms in total. The zero-order valence-electron chi connectivity index (χ0n) is 30.3. The summed E-state index contributed by atoms with van der Waals surface area (Å²) in [5.74, 6) is -0.765. The van der Waals surface area contributed by atoms with Gasteiger partial charge in [0.15, 0.2) is 5.60 Å². The summed E-state index contributed by atoms with van der Waals surface area (Å²) >= 11 is 0. The van der Waals surface area contributed by atoms with Gasteiger partial charge in [0, 0.05) is 41.0 Å². The largest absolute Gasteiger partial charge is 0.497 e. The molecular weight excluding hydrogens is 690 g/mol. The molecule has 0 aliphatic carbocycles. The molecule has 3 heterocycles. The van der Waals surface area contributed by atoms with Crippen LogP contribution in [0.25, 0.3) is 0 Å². The lowest BCUT2D eigenvalue weighted by Crippen LogP contribution is -2.45. The van der Waals surface area contributed by atoms with E-state index in [1.165, 1.54) is 0 Å². The van der Waals surface area contributed by atoms with E-state index in [1.54, 1.807) is 60.1 Å². The van der Waals surface area contributed by atoms with Crippen LogP contribution in [0.4, 0.5) is 15.5 Å². The lowest BCUT2D eigenvalue weighted by Gasteiger charge is -2.31. The highest BCUT2D eigenvalue weighted by atomic mass is 28.4. The molecule has 2 aliphatic rings. The minimum atomic E-state index is -3.44. The molecule has 12 heteroatoms. The Kier molecular flexibility index (Phi) is 10.0. The number of aromatic nitrogens is 3. The first kappa shape index (κ1) is 36.2. The third-order valence-electron chi connectivity index (χ3n) is 10.7. The number of benzene rings is 4. The average molecular weight is 734 g/mol. The molecule has 53 heavy (non-hydrogen) atoms. The molecule has 0 saturated carbocycles. The number of aliphatic hydroxyl groups excluding tert-OH is 1. The second-order valence-corrected chi connectivity index (χ2v) is 18.2. The highest BCUT2D eigenvalue weighted by Gasteiger charge is 2.66. The van der Waals surface area contributed by atoms with Gasteiger partial charge in [-0.3, -0.25) is 14.3 Å². The number of nitrogens with one attached hydrogen (secondary N) is 1. The van der Waals surface area contributed by atoms with Crippen molar-refractivity contribution in [3.63, 3.8) is 0 Å². The van der Waals surface area contributed by atoms with E-state index in [-0.39, 0.29) is 24.3 Å². The van der Waals surface area contributed by atoms with Crippen LogP contribution in [-0.4, -0.2) is 60.1 Å². The van der Waals surface area contributed by atoms with Gasteiger partial charge in [0.1, 0.15) is 5.75 Å². The topological polar surface area (TPSA) is 119 Å². The Morgan fingerprint density at radius 2 is 1.74 bits per heavy atom. The number of fused-ring (bicyclic) bond motifs is 2. The van der Waals surface area contributed by atoms with Crippen LogP contribution in [0.5, 0.6) is 5.75 Å². The van der Waals surface area contributed by atoms with Gasteiger partial charge >= 0.3 is 0 Å². The summed E-state index contributed by atoms with van der Waals surface area (Å²) in [6.45, 7) is 5.84. The number of hydrogen-bond donors (Lipinski definition) is 2. The van der Waals surface area contributed by atoms with Gasteiger partial charge in [-0.2, -0.15) is 0 Å². The minimum absolute atomic E-state index is 0.123. The molecule has 2 amide bonds. The van der Waals surface area contributed by atoms with E-state index in [0.29, 0.717) is 53.5 Å². The molecule has 7 rings (SSSR count). The summed E-state index contributed by atoms with van der Waals surface area (Å²) in [4.78, 5) is 30.0. The van der Waals surface area contributed by atoms with Crippen LogP contribution in [-0.2, 0) is 28.2 Å². The van der Waals surface area contributed by atoms with Gasteiger partial charge in [-0.05, 0) is 73.1 Å². The summed E-state index contributed by atoms with van der Waals surface area (Å²) in [6.07, 6.45) is 1.60. The van der Waals surface area contributed by atoms with Crippen molar-refractivity contribution in [3.8, 4) is 5.75 Å². The van der Waals surface area contributed by atoms with Gasteiger partial charge in [-0.15, -0.1) is 5.10 Å². The normalized spacial score (nSPS) is 21.5. The van der Waals surface area contributed by atoms with E-state index in [9.17, 15) is 14.7 Å². The number of methoxy groups -OCH3 is 1. The number of carbonyl (C=O) groups excluding carboxylic acids is 2. The Balaban J connectivity index is 1.21. The first-order chi connectivity index (χ1) is 25.5. The number of halogens is 1. The summed E-state index contributed by atoms with van der Waals surface area (Å²) in [5.41, 5.74) is 2.74. The maximum atomic E-state index is 16.5. The molecule has 5 atom stereocenters. The van der Waals surface area contributed by atoms with E-state index in [1.807, 2.05) is 85.9 Å². The first-order valence-electron chi connectivity index (χ1n) is 17.9. The van der Waals surface area contributed by atoms with Crippen molar-refractivity contribution in [1.29, 1.82) is 0 Å². The number of carbonyl (C=O) groups is 2. The van der Waals surface area contributed by atoms with Crippen molar-refractivity contribution in [2.45, 2.75) is 62.7 Å². The van der Waals surface area contributed by atoms with Crippen LogP contribution < -0.4 is 15.0 Å². The van der Waals surface area contributed by atoms with Crippen molar-refractivity contribution in [1.82, 2.24) is 15.0 Å². The third-order valence-corrected chi connectivity index (χ3v) is 13.2. The van der Waals surface area contributed by atoms with Gasteiger partial charge in [0.25, 0.3) is 11.8 Å². The predicted octanol–water partition coefficient (Wildman–Crippen LogP) is 7.08. The fourth-order valence-electron chi connectivity index (χ4n) is 8.16. The SMILES string of the molecule is COc1ccc(C(=O)Nc2ccc3c(c2)[C@@]2(O[C@H](CCn4cc(C(CO)c5ccccc5)nn4)[C@@H]([Si](C)(C)F)[C@@H]2C)C(=O)N3Cc2ccccc2)cc1. The number of anilines is 2. The van der Waals surface area contributed by atoms with Crippen molar-refractivity contribution in [2.24, 2.45) is 5.92 Å². The summed E-state index contributed by atoms with van der Waals surface area (Å²) in [7, 11) is -1.87. The second kappa shape index (κ2) is 14.7. The number of hydrogen-bond acceptors (Lipinski definition) is 7. The monoisotopic (exact) mass is 733 g/mol. The Morgan fingerprint density at radius 1 is 1.04 bits per heavy atom. The van der Waals surface area contributed by atoms with E-state index in [2.05, 4.69) is 15.6 Å². The number of ether oxygens (including phenoxy) is 2. The van der Waals surface area contributed by atoms with E-state index in [0.717, 1.165) is 11.1 Å². The highest BCUT2D eigenvalue weighted by Crippen LogP contribution is 2.60. The number of aryl methyl sites for hydroxylation is 1. The zero-order valence-corrected chi connectivity index (χ0v) is 31.3. The Labute approximate surface area is 309 Å².